The van der Waals surface area contributed by atoms with E-state index in [2.05, 4.69) is 10.1 Å². The van der Waals surface area contributed by atoms with E-state index in [1.165, 1.54) is 7.11 Å². The number of hydrogen-bond acceptors (Lipinski definition) is 6. The predicted octanol–water partition coefficient (Wildman–Crippen LogP) is 1.11. The van der Waals surface area contributed by atoms with Gasteiger partial charge in [0.1, 0.15) is 11.3 Å². The van der Waals surface area contributed by atoms with Crippen molar-refractivity contribution < 1.29 is 23.8 Å². The Labute approximate surface area is 140 Å². The molecule has 1 aromatic carbocycles. The third-order valence-corrected chi connectivity index (χ3v) is 3.53. The highest BCUT2D eigenvalue weighted by molar-refractivity contribution is 5.98. The number of carbonyl (C=O) groups excluding carboxylic acids is 2. The number of methoxy groups -OCH3 is 1. The van der Waals surface area contributed by atoms with Crippen LogP contribution < -0.4 is 15.8 Å². The highest BCUT2D eigenvalue weighted by Crippen LogP contribution is 2.21. The summed E-state index contributed by atoms with van der Waals surface area (Å²) in [4.78, 5) is 23.2. The summed E-state index contributed by atoms with van der Waals surface area (Å²) < 4.78 is 14.9. The van der Waals surface area contributed by atoms with E-state index in [9.17, 15) is 9.59 Å². The van der Waals surface area contributed by atoms with Crippen molar-refractivity contribution >= 4 is 30.0 Å². The zero-order chi connectivity index (χ0) is 16.0. The summed E-state index contributed by atoms with van der Waals surface area (Å²) in [5.74, 6) is -0.169. The Kier molecular flexibility index (Phi) is 7.28. The zero-order valence-electron chi connectivity index (χ0n) is 12.9. The fourth-order valence-corrected chi connectivity index (χ4v) is 2.05. The lowest BCUT2D eigenvalue weighted by atomic mass is 9.90. The van der Waals surface area contributed by atoms with Gasteiger partial charge in [0.25, 0.3) is 0 Å². The lowest BCUT2D eigenvalue weighted by molar-refractivity contribution is -0.142. The molecular formula is C15H21ClN2O5. The van der Waals surface area contributed by atoms with Crippen molar-refractivity contribution in [2.24, 2.45) is 5.73 Å². The number of hydrogen-bond donors (Lipinski definition) is 2. The van der Waals surface area contributed by atoms with Crippen molar-refractivity contribution in [2.45, 2.75) is 18.4 Å². The number of rotatable bonds is 5. The Balaban J connectivity index is 0.00000264. The fraction of sp³-hybridized carbons (Fsp3) is 0.467. The van der Waals surface area contributed by atoms with Crippen LogP contribution in [0.25, 0.3) is 0 Å². The standard InChI is InChI=1S/C15H20N2O5.ClH/c1-20-13(18)10-22-12-4-2-11(3-5-12)17-14(19)15(16)6-8-21-9-7-15;/h2-5H,6-10,16H2,1H3,(H,17,19);1H. The van der Waals surface area contributed by atoms with Gasteiger partial charge in [-0.3, -0.25) is 4.79 Å². The van der Waals surface area contributed by atoms with E-state index in [-0.39, 0.29) is 24.9 Å². The minimum atomic E-state index is -0.891. The smallest absolute Gasteiger partial charge is 0.343 e. The van der Waals surface area contributed by atoms with Crippen LogP contribution in [0.3, 0.4) is 0 Å². The topological polar surface area (TPSA) is 99.9 Å². The molecule has 0 aliphatic carbocycles. The van der Waals surface area contributed by atoms with Crippen molar-refractivity contribution in [3.05, 3.63) is 24.3 Å². The maximum Gasteiger partial charge on any atom is 0.343 e. The molecule has 23 heavy (non-hydrogen) atoms. The van der Waals surface area contributed by atoms with Gasteiger partial charge in [0.2, 0.25) is 5.91 Å². The summed E-state index contributed by atoms with van der Waals surface area (Å²) in [6, 6.07) is 6.69. The van der Waals surface area contributed by atoms with Crippen LogP contribution in [-0.4, -0.2) is 44.3 Å². The molecule has 0 spiro atoms. The summed E-state index contributed by atoms with van der Waals surface area (Å²) in [5, 5.41) is 2.79. The lowest BCUT2D eigenvalue weighted by Gasteiger charge is -2.31. The first-order chi connectivity index (χ1) is 10.5. The Bertz CT molecular complexity index is 529. The number of anilines is 1. The second-order valence-corrected chi connectivity index (χ2v) is 5.11. The Morgan fingerprint density at radius 2 is 1.87 bits per heavy atom. The third kappa shape index (κ3) is 5.38. The van der Waals surface area contributed by atoms with Crippen LogP contribution >= 0.6 is 12.4 Å². The first-order valence-corrected chi connectivity index (χ1v) is 7.01. The molecule has 1 fully saturated rings. The van der Waals surface area contributed by atoms with Crippen LogP contribution in [0.4, 0.5) is 5.69 Å². The molecular weight excluding hydrogens is 324 g/mol. The molecule has 1 amide bonds. The molecule has 0 unspecified atom stereocenters. The molecule has 1 heterocycles. The van der Waals surface area contributed by atoms with Gasteiger partial charge in [0.05, 0.1) is 7.11 Å². The first kappa shape index (κ1) is 19.2. The monoisotopic (exact) mass is 344 g/mol. The van der Waals surface area contributed by atoms with E-state index >= 15 is 0 Å². The average Bonchev–Trinajstić information content (AvgIpc) is 2.54. The van der Waals surface area contributed by atoms with Crippen LogP contribution in [0.5, 0.6) is 5.75 Å². The molecule has 0 bridgehead atoms. The fourth-order valence-electron chi connectivity index (χ4n) is 2.05. The molecule has 128 valence electrons. The van der Waals surface area contributed by atoms with Gasteiger partial charge < -0.3 is 25.3 Å². The molecule has 7 nitrogen and oxygen atoms in total. The number of amides is 1. The van der Waals surface area contributed by atoms with Crippen molar-refractivity contribution in [1.82, 2.24) is 0 Å². The first-order valence-electron chi connectivity index (χ1n) is 7.01. The molecule has 8 heteroatoms. The summed E-state index contributed by atoms with van der Waals surface area (Å²) in [6.07, 6.45) is 0.998. The molecule has 0 saturated carbocycles. The maximum absolute atomic E-state index is 12.2. The largest absolute Gasteiger partial charge is 0.482 e. The van der Waals surface area contributed by atoms with Crippen LogP contribution in [0.15, 0.2) is 24.3 Å². The van der Waals surface area contributed by atoms with E-state index in [1.807, 2.05) is 0 Å². The van der Waals surface area contributed by atoms with Crippen molar-refractivity contribution in [3.63, 3.8) is 0 Å². The van der Waals surface area contributed by atoms with Gasteiger partial charge in [-0.05, 0) is 37.1 Å². The van der Waals surface area contributed by atoms with E-state index in [1.54, 1.807) is 24.3 Å². The van der Waals surface area contributed by atoms with Gasteiger partial charge in [-0.15, -0.1) is 12.4 Å². The number of halogens is 1. The molecule has 0 radical (unpaired) electrons. The number of esters is 1. The van der Waals surface area contributed by atoms with Crippen LogP contribution in [-0.2, 0) is 19.1 Å². The Hall–Kier alpha value is -1.83. The van der Waals surface area contributed by atoms with Crippen molar-refractivity contribution in [1.29, 1.82) is 0 Å². The van der Waals surface area contributed by atoms with E-state index in [0.29, 0.717) is 37.5 Å². The SMILES string of the molecule is COC(=O)COc1ccc(NC(=O)C2(N)CCOCC2)cc1.Cl. The maximum atomic E-state index is 12.2. The van der Waals surface area contributed by atoms with Crippen molar-refractivity contribution in [2.75, 3.05) is 32.2 Å². The minimum absolute atomic E-state index is 0. The summed E-state index contributed by atoms with van der Waals surface area (Å²) >= 11 is 0. The van der Waals surface area contributed by atoms with Crippen molar-refractivity contribution in [3.8, 4) is 5.75 Å². The zero-order valence-corrected chi connectivity index (χ0v) is 13.7. The number of nitrogens with one attached hydrogen (secondary N) is 1. The number of ether oxygens (including phenoxy) is 3. The predicted molar refractivity (Wildman–Crippen MR) is 86.8 cm³/mol. The minimum Gasteiger partial charge on any atom is -0.482 e. The average molecular weight is 345 g/mol. The second kappa shape index (κ2) is 8.71. The van der Waals surface area contributed by atoms with Crippen LogP contribution in [0.2, 0.25) is 0 Å². The van der Waals surface area contributed by atoms with Gasteiger partial charge >= 0.3 is 5.97 Å². The molecule has 2 rings (SSSR count). The van der Waals surface area contributed by atoms with E-state index in [4.69, 9.17) is 15.2 Å². The normalized spacial score (nSPS) is 15.9. The molecule has 3 N–H and O–H groups in total. The molecule has 1 saturated heterocycles. The van der Waals surface area contributed by atoms with Gasteiger partial charge in [-0.1, -0.05) is 0 Å². The van der Waals surface area contributed by atoms with Gasteiger partial charge in [-0.25, -0.2) is 4.79 Å². The van der Waals surface area contributed by atoms with E-state index < -0.39 is 11.5 Å². The Morgan fingerprint density at radius 1 is 1.26 bits per heavy atom. The summed E-state index contributed by atoms with van der Waals surface area (Å²) in [7, 11) is 1.29. The molecule has 0 aromatic heterocycles. The van der Waals surface area contributed by atoms with Gasteiger partial charge in [0.15, 0.2) is 6.61 Å². The number of carbonyl (C=O) groups is 2. The highest BCUT2D eigenvalue weighted by atomic mass is 35.5. The van der Waals surface area contributed by atoms with Gasteiger partial charge in [0, 0.05) is 18.9 Å². The van der Waals surface area contributed by atoms with Crippen LogP contribution in [0, 0.1) is 0 Å². The molecule has 1 aromatic rings. The van der Waals surface area contributed by atoms with Crippen LogP contribution in [0.1, 0.15) is 12.8 Å². The molecule has 1 aliphatic heterocycles. The Morgan fingerprint density at radius 3 is 2.43 bits per heavy atom. The molecule has 0 atom stereocenters. The number of benzene rings is 1. The quantitative estimate of drug-likeness (QED) is 0.776. The summed E-state index contributed by atoms with van der Waals surface area (Å²) in [6.45, 7) is 0.822. The number of nitrogens with two attached hydrogens (primary N) is 1. The second-order valence-electron chi connectivity index (χ2n) is 5.11. The lowest BCUT2D eigenvalue weighted by Crippen LogP contribution is -2.54. The van der Waals surface area contributed by atoms with Gasteiger partial charge in [-0.2, -0.15) is 0 Å². The summed E-state index contributed by atoms with van der Waals surface area (Å²) in [5.41, 5.74) is 5.84. The molecule has 1 aliphatic rings. The third-order valence-electron chi connectivity index (χ3n) is 3.53. The highest BCUT2D eigenvalue weighted by Gasteiger charge is 2.35. The van der Waals surface area contributed by atoms with E-state index in [0.717, 1.165) is 0 Å².